The van der Waals surface area contributed by atoms with E-state index < -0.39 is 6.10 Å². The van der Waals surface area contributed by atoms with Crippen LogP contribution in [0.3, 0.4) is 0 Å². The van der Waals surface area contributed by atoms with Gasteiger partial charge in [-0.15, -0.1) is 0 Å². The lowest BCUT2D eigenvalue weighted by atomic mass is 10.1. The lowest BCUT2D eigenvalue weighted by Crippen LogP contribution is -2.35. The minimum atomic E-state index is -0.698. The van der Waals surface area contributed by atoms with Gasteiger partial charge in [0.2, 0.25) is 0 Å². The molecule has 0 heterocycles. The molecule has 0 saturated heterocycles. The first-order valence-corrected chi connectivity index (χ1v) is 10.2. The largest absolute Gasteiger partial charge is 0.479 e. The van der Waals surface area contributed by atoms with Crippen LogP contribution in [0.5, 0.6) is 5.75 Å². The normalized spacial score (nSPS) is 12.3. The molecule has 0 aliphatic heterocycles. The van der Waals surface area contributed by atoms with Crippen molar-refractivity contribution in [3.8, 4) is 5.75 Å². The number of benzene rings is 3. The first-order chi connectivity index (χ1) is 13.5. The highest BCUT2D eigenvalue weighted by molar-refractivity contribution is 9.10. The molecule has 1 unspecified atom stereocenters. The van der Waals surface area contributed by atoms with Gasteiger partial charge in [0, 0.05) is 5.56 Å². The molecule has 0 bridgehead atoms. The second-order valence-corrected chi connectivity index (χ2v) is 7.59. The van der Waals surface area contributed by atoms with E-state index in [0.717, 1.165) is 15.2 Å². The molecule has 0 fully saturated rings. The Kier molecular flexibility index (Phi) is 6.94. The maximum Gasteiger partial charge on any atom is 0.281 e. The summed E-state index contributed by atoms with van der Waals surface area (Å²) in [5.41, 5.74) is 3.03. The third kappa shape index (κ3) is 4.66. The van der Waals surface area contributed by atoms with E-state index in [1.807, 2.05) is 43.3 Å². The number of carbonyl (C=O) groups excluding carboxylic acids is 1. The summed E-state index contributed by atoms with van der Waals surface area (Å²) in [7, 11) is 0. The smallest absolute Gasteiger partial charge is 0.281 e. The summed E-state index contributed by atoms with van der Waals surface area (Å²) < 4.78 is 6.74. The molecule has 4 nitrogen and oxygen atoms in total. The number of hydrogen-bond acceptors (Lipinski definition) is 3. The Balaban J connectivity index is 1.72. The lowest BCUT2D eigenvalue weighted by Gasteiger charge is -2.17. The predicted octanol–water partition coefficient (Wildman–Crippen LogP) is 6.22. The van der Waals surface area contributed by atoms with Crippen molar-refractivity contribution in [3.63, 3.8) is 0 Å². The van der Waals surface area contributed by atoms with Gasteiger partial charge in [-0.1, -0.05) is 66.5 Å². The minimum absolute atomic E-state index is 0.359. The quantitative estimate of drug-likeness (QED) is 0.337. The van der Waals surface area contributed by atoms with Gasteiger partial charge in [-0.2, -0.15) is 5.10 Å². The number of fused-ring (bicyclic) bond motifs is 1. The molecule has 0 aromatic heterocycles. The van der Waals surface area contributed by atoms with Crippen LogP contribution in [0.25, 0.3) is 10.8 Å². The van der Waals surface area contributed by atoms with Crippen LogP contribution in [0.1, 0.15) is 18.9 Å². The Labute approximate surface area is 181 Å². The van der Waals surface area contributed by atoms with E-state index in [0.29, 0.717) is 27.8 Å². The SMILES string of the molecule is CCC(Oc1ccc2ccccc2c1Br)C(=O)N/N=C/c1c(Cl)cccc1Cl. The van der Waals surface area contributed by atoms with Crippen LogP contribution >= 0.6 is 39.1 Å². The predicted molar refractivity (Wildman–Crippen MR) is 119 cm³/mol. The molecule has 3 rings (SSSR count). The molecule has 1 N–H and O–H groups in total. The van der Waals surface area contributed by atoms with E-state index in [9.17, 15) is 4.79 Å². The van der Waals surface area contributed by atoms with Gasteiger partial charge in [-0.25, -0.2) is 5.43 Å². The third-order valence-electron chi connectivity index (χ3n) is 4.13. The van der Waals surface area contributed by atoms with E-state index in [1.54, 1.807) is 18.2 Å². The molecule has 0 aliphatic carbocycles. The number of carbonyl (C=O) groups is 1. The average molecular weight is 480 g/mol. The Morgan fingerprint density at radius 2 is 1.86 bits per heavy atom. The number of ether oxygens (including phenoxy) is 1. The molecule has 7 heteroatoms. The van der Waals surface area contributed by atoms with Crippen molar-refractivity contribution in [2.75, 3.05) is 0 Å². The molecule has 144 valence electrons. The average Bonchev–Trinajstić information content (AvgIpc) is 2.70. The lowest BCUT2D eigenvalue weighted by molar-refractivity contribution is -0.128. The van der Waals surface area contributed by atoms with Crippen LogP contribution in [-0.2, 0) is 4.79 Å². The van der Waals surface area contributed by atoms with E-state index in [-0.39, 0.29) is 5.91 Å². The zero-order chi connectivity index (χ0) is 20.1. The van der Waals surface area contributed by atoms with Crippen LogP contribution in [0.4, 0.5) is 0 Å². The summed E-state index contributed by atoms with van der Waals surface area (Å²) in [5.74, 6) is 0.237. The molecule has 3 aromatic rings. The number of rotatable bonds is 6. The Bertz CT molecular complexity index is 1020. The molecule has 0 spiro atoms. The van der Waals surface area contributed by atoms with Crippen LogP contribution < -0.4 is 10.2 Å². The van der Waals surface area contributed by atoms with Crippen LogP contribution in [0.15, 0.2) is 64.2 Å². The molecule has 3 aromatic carbocycles. The standard InChI is InChI=1S/C21H17BrCl2N2O2/c1-2-18(21(27)26-25-12-15-16(23)8-5-9-17(15)24)28-19-11-10-13-6-3-4-7-14(13)20(19)22/h3-12,18H,2H2,1H3,(H,26,27)/b25-12+. The first-order valence-electron chi connectivity index (χ1n) is 8.62. The number of halogens is 3. The molecule has 0 radical (unpaired) electrons. The van der Waals surface area contributed by atoms with Crippen molar-refractivity contribution in [1.82, 2.24) is 5.43 Å². The molecule has 0 saturated carbocycles. The fourth-order valence-corrected chi connectivity index (χ4v) is 3.73. The van der Waals surface area contributed by atoms with Crippen LogP contribution in [-0.4, -0.2) is 18.2 Å². The second kappa shape index (κ2) is 9.41. The summed E-state index contributed by atoms with van der Waals surface area (Å²) in [6.07, 6.45) is 1.20. The van der Waals surface area contributed by atoms with Gasteiger partial charge in [0.05, 0.1) is 20.7 Å². The van der Waals surface area contributed by atoms with E-state index in [4.69, 9.17) is 27.9 Å². The van der Waals surface area contributed by atoms with Crippen molar-refractivity contribution in [2.24, 2.45) is 5.10 Å². The second-order valence-electron chi connectivity index (χ2n) is 5.98. The van der Waals surface area contributed by atoms with Crippen molar-refractivity contribution < 1.29 is 9.53 Å². The summed E-state index contributed by atoms with van der Waals surface area (Å²) in [5, 5.41) is 6.97. The maximum absolute atomic E-state index is 12.5. The monoisotopic (exact) mass is 478 g/mol. The highest BCUT2D eigenvalue weighted by Crippen LogP contribution is 2.33. The van der Waals surface area contributed by atoms with Gasteiger partial charge in [-0.3, -0.25) is 4.79 Å². The van der Waals surface area contributed by atoms with Gasteiger partial charge in [0.25, 0.3) is 5.91 Å². The van der Waals surface area contributed by atoms with E-state index in [1.165, 1.54) is 6.21 Å². The van der Waals surface area contributed by atoms with Crippen molar-refractivity contribution >= 4 is 62.0 Å². The highest BCUT2D eigenvalue weighted by Gasteiger charge is 2.19. The number of nitrogens with zero attached hydrogens (tertiary/aromatic N) is 1. The van der Waals surface area contributed by atoms with Gasteiger partial charge in [0.15, 0.2) is 6.10 Å². The van der Waals surface area contributed by atoms with Crippen molar-refractivity contribution in [2.45, 2.75) is 19.4 Å². The molecule has 1 amide bonds. The van der Waals surface area contributed by atoms with Gasteiger partial charge in [0.1, 0.15) is 5.75 Å². The van der Waals surface area contributed by atoms with Gasteiger partial charge in [-0.05, 0) is 51.3 Å². The van der Waals surface area contributed by atoms with Crippen LogP contribution in [0.2, 0.25) is 10.0 Å². The minimum Gasteiger partial charge on any atom is -0.479 e. The summed E-state index contributed by atoms with van der Waals surface area (Å²) in [6, 6.07) is 16.9. The van der Waals surface area contributed by atoms with E-state index in [2.05, 4.69) is 26.5 Å². The van der Waals surface area contributed by atoms with Gasteiger partial charge >= 0.3 is 0 Å². The maximum atomic E-state index is 12.5. The number of hydrogen-bond donors (Lipinski definition) is 1. The van der Waals surface area contributed by atoms with Gasteiger partial charge < -0.3 is 4.74 Å². The topological polar surface area (TPSA) is 50.7 Å². The molecular weight excluding hydrogens is 463 g/mol. The zero-order valence-electron chi connectivity index (χ0n) is 15.0. The molecule has 28 heavy (non-hydrogen) atoms. The highest BCUT2D eigenvalue weighted by atomic mass is 79.9. The first kappa shape index (κ1) is 20.6. The van der Waals surface area contributed by atoms with Crippen LogP contribution in [0, 0.1) is 0 Å². The Morgan fingerprint density at radius 3 is 2.57 bits per heavy atom. The molecule has 1 atom stereocenters. The number of amides is 1. The summed E-state index contributed by atoms with van der Waals surface area (Å²) in [4.78, 5) is 12.5. The third-order valence-corrected chi connectivity index (χ3v) is 5.61. The fourth-order valence-electron chi connectivity index (χ4n) is 2.65. The Hall–Kier alpha value is -2.08. The summed E-state index contributed by atoms with van der Waals surface area (Å²) in [6.45, 7) is 1.87. The molecular formula is C21H17BrCl2N2O2. The Morgan fingerprint density at radius 1 is 1.14 bits per heavy atom. The van der Waals surface area contributed by atoms with E-state index >= 15 is 0 Å². The fraction of sp³-hybridized carbons (Fsp3) is 0.143. The van der Waals surface area contributed by atoms with Crippen molar-refractivity contribution in [1.29, 1.82) is 0 Å². The molecule has 0 aliphatic rings. The number of nitrogens with one attached hydrogen (secondary N) is 1. The van der Waals surface area contributed by atoms with Crippen molar-refractivity contribution in [3.05, 3.63) is 74.7 Å². The number of hydrazone groups is 1. The summed E-state index contributed by atoms with van der Waals surface area (Å²) >= 11 is 15.7. The zero-order valence-corrected chi connectivity index (χ0v) is 18.1.